The number of hydrogen-bond donors (Lipinski definition) is 0. The van der Waals surface area contributed by atoms with Crippen LogP contribution in [-0.2, 0) is 5.88 Å². The highest BCUT2D eigenvalue weighted by Gasteiger charge is 2.08. The van der Waals surface area contributed by atoms with E-state index in [-0.39, 0.29) is 0 Å². The minimum Gasteiger partial charge on any atom is -0.240 e. The van der Waals surface area contributed by atoms with Gasteiger partial charge in [-0.05, 0) is 18.2 Å². The highest BCUT2D eigenvalue weighted by atomic mass is 35.5. The molecule has 0 amide bonds. The molecule has 0 radical (unpaired) electrons. The van der Waals surface area contributed by atoms with E-state index < -0.39 is 0 Å². The van der Waals surface area contributed by atoms with Crippen molar-refractivity contribution in [2.45, 2.75) is 5.88 Å². The summed E-state index contributed by atoms with van der Waals surface area (Å²) in [5, 5.41) is 4.02. The Morgan fingerprint density at radius 2 is 2.07 bits per heavy atom. The Hall–Kier alpha value is -0.280. The normalized spacial score (nSPS) is 10.6. The molecule has 0 saturated heterocycles. The molecule has 2 rings (SSSR count). The molecule has 0 fully saturated rings. The van der Waals surface area contributed by atoms with Gasteiger partial charge in [0.1, 0.15) is 5.01 Å². The molecule has 1 heterocycles. The lowest BCUT2D eigenvalue weighted by molar-refractivity contribution is 1.23. The van der Waals surface area contributed by atoms with E-state index in [4.69, 9.17) is 34.8 Å². The predicted molar refractivity (Wildman–Crippen MR) is 67.1 cm³/mol. The summed E-state index contributed by atoms with van der Waals surface area (Å²) in [6, 6.07) is 5.37. The van der Waals surface area contributed by atoms with Crippen molar-refractivity contribution >= 4 is 46.1 Å². The predicted octanol–water partition coefficient (Wildman–Crippen LogP) is 4.86. The maximum atomic E-state index is 6.07. The lowest BCUT2D eigenvalue weighted by atomic mass is 10.2. The standard InChI is InChI=1S/C10H6Cl3NS/c11-4-7-5-15-10(14-7)8-2-1-6(12)3-9(8)13/h1-3,5H,4H2. The van der Waals surface area contributed by atoms with E-state index in [2.05, 4.69) is 4.98 Å². The van der Waals surface area contributed by atoms with Crippen molar-refractivity contribution in [2.75, 3.05) is 0 Å². The van der Waals surface area contributed by atoms with Gasteiger partial charge >= 0.3 is 0 Å². The SMILES string of the molecule is ClCc1csc(-c2ccc(Cl)cc2Cl)n1. The minimum absolute atomic E-state index is 0.418. The highest BCUT2D eigenvalue weighted by molar-refractivity contribution is 7.13. The topological polar surface area (TPSA) is 12.9 Å². The molecule has 5 heteroatoms. The molecule has 0 bridgehead atoms. The van der Waals surface area contributed by atoms with E-state index in [0.29, 0.717) is 15.9 Å². The molecule has 0 aliphatic carbocycles. The van der Waals surface area contributed by atoms with Gasteiger partial charge in [-0.25, -0.2) is 4.98 Å². The van der Waals surface area contributed by atoms with Crippen LogP contribution in [0.4, 0.5) is 0 Å². The van der Waals surface area contributed by atoms with Crippen LogP contribution in [0.2, 0.25) is 10.0 Å². The first-order valence-electron chi connectivity index (χ1n) is 4.16. The van der Waals surface area contributed by atoms with E-state index in [1.807, 2.05) is 11.4 Å². The van der Waals surface area contributed by atoms with Gasteiger partial charge < -0.3 is 0 Å². The summed E-state index contributed by atoms with van der Waals surface area (Å²) >= 11 is 19.1. The molecule has 0 spiro atoms. The lowest BCUT2D eigenvalue weighted by Gasteiger charge is -2.00. The van der Waals surface area contributed by atoms with Crippen molar-refractivity contribution in [1.29, 1.82) is 0 Å². The lowest BCUT2D eigenvalue weighted by Crippen LogP contribution is -1.80. The zero-order chi connectivity index (χ0) is 10.8. The molecular weight excluding hydrogens is 273 g/mol. The van der Waals surface area contributed by atoms with Crippen LogP contribution in [0.15, 0.2) is 23.6 Å². The Kier molecular flexibility index (Phi) is 3.52. The fraction of sp³-hybridized carbons (Fsp3) is 0.100. The molecule has 1 nitrogen and oxygen atoms in total. The average Bonchev–Trinajstić information content (AvgIpc) is 2.66. The zero-order valence-corrected chi connectivity index (χ0v) is 10.6. The monoisotopic (exact) mass is 277 g/mol. The average molecular weight is 279 g/mol. The molecule has 1 aromatic carbocycles. The second-order valence-corrected chi connectivity index (χ2v) is 4.87. The first-order valence-corrected chi connectivity index (χ1v) is 6.33. The largest absolute Gasteiger partial charge is 0.240 e. The first kappa shape index (κ1) is 11.2. The third-order valence-electron chi connectivity index (χ3n) is 1.85. The van der Waals surface area contributed by atoms with E-state index in [0.717, 1.165) is 16.3 Å². The van der Waals surface area contributed by atoms with Crippen molar-refractivity contribution in [2.24, 2.45) is 0 Å². The van der Waals surface area contributed by atoms with Gasteiger partial charge in [0.2, 0.25) is 0 Å². The molecule has 0 atom stereocenters. The summed E-state index contributed by atoms with van der Waals surface area (Å²) in [6.07, 6.45) is 0. The van der Waals surface area contributed by atoms with Crippen LogP contribution in [0, 0.1) is 0 Å². The number of rotatable bonds is 2. The van der Waals surface area contributed by atoms with Gasteiger partial charge in [0.05, 0.1) is 16.6 Å². The molecule has 1 aromatic heterocycles. The van der Waals surface area contributed by atoms with Crippen molar-refractivity contribution < 1.29 is 0 Å². The second-order valence-electron chi connectivity index (χ2n) is 2.90. The molecule has 0 N–H and O–H groups in total. The Bertz CT molecular complexity index is 481. The minimum atomic E-state index is 0.418. The highest BCUT2D eigenvalue weighted by Crippen LogP contribution is 2.32. The number of nitrogens with zero attached hydrogens (tertiary/aromatic N) is 1. The van der Waals surface area contributed by atoms with Gasteiger partial charge in [-0.2, -0.15) is 0 Å². The smallest absolute Gasteiger partial charge is 0.125 e. The summed E-state index contributed by atoms with van der Waals surface area (Å²) in [7, 11) is 0. The summed E-state index contributed by atoms with van der Waals surface area (Å²) in [5.41, 5.74) is 1.75. The van der Waals surface area contributed by atoms with Crippen molar-refractivity contribution in [3.8, 4) is 10.6 Å². The quantitative estimate of drug-likeness (QED) is 0.715. The van der Waals surface area contributed by atoms with E-state index in [1.54, 1.807) is 12.1 Å². The van der Waals surface area contributed by atoms with E-state index >= 15 is 0 Å². The Morgan fingerprint density at radius 1 is 1.27 bits per heavy atom. The van der Waals surface area contributed by atoms with Crippen LogP contribution in [0.3, 0.4) is 0 Å². The van der Waals surface area contributed by atoms with Gasteiger partial charge in [0, 0.05) is 16.0 Å². The molecule has 0 aliphatic heterocycles. The van der Waals surface area contributed by atoms with Crippen LogP contribution in [0.25, 0.3) is 10.6 Å². The van der Waals surface area contributed by atoms with Crippen molar-refractivity contribution in [3.05, 3.63) is 39.3 Å². The second kappa shape index (κ2) is 4.71. The maximum absolute atomic E-state index is 6.07. The number of thiazole rings is 1. The molecule has 15 heavy (non-hydrogen) atoms. The third kappa shape index (κ3) is 2.45. The first-order chi connectivity index (χ1) is 7.20. The third-order valence-corrected chi connectivity index (χ3v) is 3.60. The van der Waals surface area contributed by atoms with Gasteiger partial charge in [-0.15, -0.1) is 22.9 Å². The summed E-state index contributed by atoms with van der Waals surface area (Å²) in [6.45, 7) is 0. The van der Waals surface area contributed by atoms with Crippen LogP contribution < -0.4 is 0 Å². The maximum Gasteiger partial charge on any atom is 0.125 e. The molecular formula is C10H6Cl3NS. The Labute approximate surface area is 107 Å². The van der Waals surface area contributed by atoms with Gasteiger partial charge in [-0.3, -0.25) is 0 Å². The van der Waals surface area contributed by atoms with Crippen LogP contribution in [0.1, 0.15) is 5.69 Å². The number of hydrogen-bond acceptors (Lipinski definition) is 2. The molecule has 0 aliphatic rings. The van der Waals surface area contributed by atoms with Crippen molar-refractivity contribution in [1.82, 2.24) is 4.98 Å². The number of benzene rings is 1. The Morgan fingerprint density at radius 3 is 2.67 bits per heavy atom. The number of aromatic nitrogens is 1. The number of alkyl halides is 1. The number of halogens is 3. The van der Waals surface area contributed by atoms with Gasteiger partial charge in [0.15, 0.2) is 0 Å². The van der Waals surface area contributed by atoms with Crippen LogP contribution in [0.5, 0.6) is 0 Å². The van der Waals surface area contributed by atoms with Crippen LogP contribution in [-0.4, -0.2) is 4.98 Å². The van der Waals surface area contributed by atoms with Gasteiger partial charge in [0.25, 0.3) is 0 Å². The Balaban J connectivity index is 2.44. The molecule has 78 valence electrons. The van der Waals surface area contributed by atoms with Gasteiger partial charge in [-0.1, -0.05) is 23.2 Å². The fourth-order valence-electron chi connectivity index (χ4n) is 1.15. The molecule has 2 aromatic rings. The summed E-state index contributed by atoms with van der Waals surface area (Å²) in [4.78, 5) is 4.35. The van der Waals surface area contributed by atoms with Crippen molar-refractivity contribution in [3.63, 3.8) is 0 Å². The fourth-order valence-corrected chi connectivity index (χ4v) is 2.80. The zero-order valence-electron chi connectivity index (χ0n) is 7.51. The summed E-state index contributed by atoms with van der Waals surface area (Å²) < 4.78 is 0. The van der Waals surface area contributed by atoms with E-state index in [9.17, 15) is 0 Å². The molecule has 0 unspecified atom stereocenters. The summed E-state index contributed by atoms with van der Waals surface area (Å²) in [5.74, 6) is 0.418. The van der Waals surface area contributed by atoms with Crippen LogP contribution >= 0.6 is 46.1 Å². The molecule has 0 saturated carbocycles. The van der Waals surface area contributed by atoms with E-state index in [1.165, 1.54) is 11.3 Å².